The van der Waals surface area contributed by atoms with Gasteiger partial charge in [-0.15, -0.1) is 0 Å². The van der Waals surface area contributed by atoms with Gasteiger partial charge in [0.25, 0.3) is 0 Å². The van der Waals surface area contributed by atoms with Gasteiger partial charge in [0.1, 0.15) is 11.4 Å². The van der Waals surface area contributed by atoms with E-state index in [-0.39, 0.29) is 12.4 Å². The first-order valence-electron chi connectivity index (χ1n) is 6.05. The van der Waals surface area contributed by atoms with E-state index < -0.39 is 0 Å². The molecule has 4 nitrogen and oxygen atoms in total. The van der Waals surface area contributed by atoms with Crippen molar-refractivity contribution in [2.45, 2.75) is 13.5 Å². The summed E-state index contributed by atoms with van der Waals surface area (Å²) in [6, 6.07) is 13.5. The Balaban J connectivity index is 0.00000200. The first kappa shape index (κ1) is 16.0. The third kappa shape index (κ3) is 4.55. The molecule has 0 spiro atoms. The minimum atomic E-state index is 0. The molecule has 0 aliphatic carbocycles. The molecular formula is C15H17ClN2O2. The van der Waals surface area contributed by atoms with Crippen molar-refractivity contribution in [1.29, 1.82) is 0 Å². The normalized spacial score (nSPS) is 10.6. The van der Waals surface area contributed by atoms with Crippen LogP contribution >= 0.6 is 0 Å². The van der Waals surface area contributed by atoms with Crippen molar-refractivity contribution in [1.82, 2.24) is 4.98 Å². The Labute approximate surface area is 124 Å². The van der Waals surface area contributed by atoms with Crippen LogP contribution in [0.4, 0.5) is 0 Å². The fraction of sp³-hybridized carbons (Fsp3) is 0.200. The zero-order valence-corrected chi connectivity index (χ0v) is 12.2. The van der Waals surface area contributed by atoms with Crippen LogP contribution in [0.15, 0.2) is 48.7 Å². The number of rotatable bonds is 5. The maximum Gasteiger partial charge on any atom is 0.247 e. The van der Waals surface area contributed by atoms with Crippen LogP contribution in [0.25, 0.3) is 0 Å². The number of nitrogens with zero attached hydrogens (tertiary/aromatic N) is 1. The van der Waals surface area contributed by atoms with Crippen LogP contribution in [0.3, 0.4) is 0 Å². The van der Waals surface area contributed by atoms with E-state index in [1.54, 1.807) is 13.3 Å². The number of aromatic nitrogens is 1. The number of nitrogens with one attached hydrogen (secondary N) is 1. The molecule has 0 fully saturated rings. The monoisotopic (exact) mass is 292 g/mol. The van der Waals surface area contributed by atoms with Gasteiger partial charge in [-0.2, -0.15) is 0 Å². The van der Waals surface area contributed by atoms with Gasteiger partial charge < -0.3 is 17.1 Å². The summed E-state index contributed by atoms with van der Waals surface area (Å²) in [6.07, 6.45) is 1.75. The molecule has 5 heteroatoms. The Morgan fingerprint density at radius 1 is 1.15 bits per heavy atom. The van der Waals surface area contributed by atoms with Crippen molar-refractivity contribution in [2.24, 2.45) is 0 Å². The van der Waals surface area contributed by atoms with E-state index in [4.69, 9.17) is 9.57 Å². The lowest BCUT2D eigenvalue weighted by molar-refractivity contribution is -0.758. The Bertz CT molecular complexity index is 542. The first-order chi connectivity index (χ1) is 9.29. The number of hydrogen-bond donors (Lipinski definition) is 1. The van der Waals surface area contributed by atoms with E-state index in [1.807, 2.05) is 49.4 Å². The summed E-state index contributed by atoms with van der Waals surface area (Å²) in [4.78, 5) is 9.67. The largest absolute Gasteiger partial charge is 1.00 e. The van der Waals surface area contributed by atoms with Crippen molar-refractivity contribution in [3.8, 4) is 5.75 Å². The Kier molecular flexibility index (Phi) is 6.53. The molecule has 20 heavy (non-hydrogen) atoms. The van der Waals surface area contributed by atoms with Crippen molar-refractivity contribution in [3.63, 3.8) is 0 Å². The Hall–Kier alpha value is -2.07. The van der Waals surface area contributed by atoms with Gasteiger partial charge in [0.15, 0.2) is 6.61 Å². The molecule has 106 valence electrons. The highest BCUT2D eigenvalue weighted by Crippen LogP contribution is 2.11. The maximum absolute atomic E-state index is 5.44. The van der Waals surface area contributed by atoms with Gasteiger partial charge >= 0.3 is 0 Å². The second-order valence-corrected chi connectivity index (χ2v) is 4.08. The molecular weight excluding hydrogens is 276 g/mol. The quantitative estimate of drug-likeness (QED) is 0.518. The van der Waals surface area contributed by atoms with E-state index in [0.29, 0.717) is 6.61 Å². The number of benzene rings is 1. The minimum absolute atomic E-state index is 0. The second kappa shape index (κ2) is 8.17. The number of ether oxygens (including phenoxy) is 1. The lowest BCUT2D eigenvalue weighted by Gasteiger charge is -2.00. The molecule has 1 aromatic heterocycles. The molecule has 0 radical (unpaired) electrons. The highest BCUT2D eigenvalue weighted by Gasteiger charge is 2.04. The van der Waals surface area contributed by atoms with Crippen LogP contribution in [0, 0.1) is 0 Å². The van der Waals surface area contributed by atoms with Gasteiger partial charge in [-0.3, -0.25) is 9.82 Å². The zero-order chi connectivity index (χ0) is 13.5. The van der Waals surface area contributed by atoms with Crippen LogP contribution in [-0.2, 0) is 11.4 Å². The molecule has 0 aliphatic heterocycles. The van der Waals surface area contributed by atoms with Crippen molar-refractivity contribution in [3.05, 3.63) is 59.9 Å². The molecule has 0 saturated carbocycles. The SMILES string of the molecule is COc1ccc(CO[NH+]=C(C)c2ccccn2)cc1.[Cl-]. The molecule has 0 bridgehead atoms. The van der Waals surface area contributed by atoms with E-state index >= 15 is 0 Å². The highest BCUT2D eigenvalue weighted by atomic mass is 35.5. The van der Waals surface area contributed by atoms with Crippen molar-refractivity contribution < 1.29 is 27.1 Å². The van der Waals surface area contributed by atoms with E-state index in [9.17, 15) is 0 Å². The lowest BCUT2D eigenvalue weighted by atomic mass is 10.2. The molecule has 0 amide bonds. The number of methoxy groups -OCH3 is 1. The summed E-state index contributed by atoms with van der Waals surface area (Å²) in [7, 11) is 1.65. The molecule has 0 aliphatic rings. The predicted octanol–water partition coefficient (Wildman–Crippen LogP) is -1.88. The van der Waals surface area contributed by atoms with E-state index in [1.165, 1.54) is 0 Å². The third-order valence-corrected chi connectivity index (χ3v) is 2.67. The first-order valence-corrected chi connectivity index (χ1v) is 6.05. The Morgan fingerprint density at radius 3 is 2.50 bits per heavy atom. The summed E-state index contributed by atoms with van der Waals surface area (Å²) in [6.45, 7) is 2.41. The van der Waals surface area contributed by atoms with Crippen LogP contribution in [0.1, 0.15) is 18.2 Å². The molecule has 2 rings (SSSR count). The fourth-order valence-corrected chi connectivity index (χ4v) is 1.59. The zero-order valence-electron chi connectivity index (χ0n) is 11.5. The van der Waals surface area contributed by atoms with Crippen LogP contribution < -0.4 is 22.3 Å². The Morgan fingerprint density at radius 2 is 1.90 bits per heavy atom. The average molecular weight is 293 g/mol. The summed E-state index contributed by atoms with van der Waals surface area (Å²) >= 11 is 0. The molecule has 0 saturated heterocycles. The molecule has 0 unspecified atom stereocenters. The molecule has 2 aromatic rings. The summed E-state index contributed by atoms with van der Waals surface area (Å²) in [5.74, 6) is 0.841. The van der Waals surface area contributed by atoms with Gasteiger partial charge in [0, 0.05) is 13.1 Å². The highest BCUT2D eigenvalue weighted by molar-refractivity contribution is 5.91. The van der Waals surface area contributed by atoms with Crippen LogP contribution in [-0.4, -0.2) is 17.8 Å². The van der Waals surface area contributed by atoms with Crippen LogP contribution in [0.5, 0.6) is 5.75 Å². The lowest BCUT2D eigenvalue weighted by Crippen LogP contribution is -3.00. The minimum Gasteiger partial charge on any atom is -1.00 e. The van der Waals surface area contributed by atoms with Gasteiger partial charge in [-0.1, -0.05) is 18.2 Å². The van der Waals surface area contributed by atoms with Gasteiger partial charge in [0.2, 0.25) is 5.71 Å². The summed E-state index contributed by atoms with van der Waals surface area (Å²) in [5, 5.41) is 2.90. The average Bonchev–Trinajstić information content (AvgIpc) is 2.49. The smallest absolute Gasteiger partial charge is 0.247 e. The molecule has 1 heterocycles. The number of halogens is 1. The standard InChI is InChI=1S/C15H16N2O2.ClH/c1-12(15-5-3-4-10-16-15)17-19-11-13-6-8-14(18-2)9-7-13;/h3-10H,11H2,1-2H3;1H. The second-order valence-electron chi connectivity index (χ2n) is 4.08. The van der Waals surface area contributed by atoms with Gasteiger partial charge in [-0.25, -0.2) is 0 Å². The van der Waals surface area contributed by atoms with Crippen molar-refractivity contribution in [2.75, 3.05) is 7.11 Å². The molecule has 0 atom stereocenters. The summed E-state index contributed by atoms with van der Waals surface area (Å²) in [5.41, 5.74) is 2.83. The summed E-state index contributed by atoms with van der Waals surface area (Å²) < 4.78 is 5.10. The molecule has 1 aromatic carbocycles. The van der Waals surface area contributed by atoms with Crippen LogP contribution in [0.2, 0.25) is 0 Å². The van der Waals surface area contributed by atoms with E-state index in [2.05, 4.69) is 10.1 Å². The van der Waals surface area contributed by atoms with Crippen molar-refractivity contribution >= 4 is 5.71 Å². The van der Waals surface area contributed by atoms with Gasteiger partial charge in [-0.05, 0) is 35.0 Å². The third-order valence-electron chi connectivity index (χ3n) is 2.67. The van der Waals surface area contributed by atoms with Gasteiger partial charge in [0.05, 0.1) is 7.11 Å². The fourth-order valence-electron chi connectivity index (χ4n) is 1.59. The maximum atomic E-state index is 5.44. The molecule has 1 N–H and O–H groups in total. The predicted molar refractivity (Wildman–Crippen MR) is 72.8 cm³/mol. The number of hydrogen-bond acceptors (Lipinski definition) is 3. The van der Waals surface area contributed by atoms with E-state index in [0.717, 1.165) is 22.7 Å². The number of pyridine rings is 1. The topological polar surface area (TPSA) is 45.3 Å².